The van der Waals surface area contributed by atoms with E-state index in [0.29, 0.717) is 6.42 Å². The van der Waals surface area contributed by atoms with Crippen molar-refractivity contribution in [3.63, 3.8) is 0 Å². The Balaban J connectivity index is 2.80. The molecule has 0 aromatic rings. The topological polar surface area (TPSA) is 9.23 Å². The molecule has 0 fully saturated rings. The molecule has 0 aliphatic heterocycles. The zero-order valence-corrected chi connectivity index (χ0v) is 8.40. The summed E-state index contributed by atoms with van der Waals surface area (Å²) in [5.74, 6) is 0. The van der Waals surface area contributed by atoms with Gasteiger partial charge in [-0.2, -0.15) is 0 Å². The number of rotatable bonds is 7. The lowest BCUT2D eigenvalue weighted by Crippen LogP contribution is -1.96. The first kappa shape index (κ1) is 11.0. The van der Waals surface area contributed by atoms with Crippen LogP contribution in [-0.4, -0.2) is 22.8 Å². The molecule has 0 N–H and O–H groups in total. The van der Waals surface area contributed by atoms with Gasteiger partial charge in [0.15, 0.2) is 9.76 Å². The summed E-state index contributed by atoms with van der Waals surface area (Å²) in [5.41, 5.74) is 0. The highest BCUT2D eigenvalue weighted by molar-refractivity contribution is 6.24. The lowest BCUT2D eigenvalue weighted by atomic mass is 10.2. The van der Waals surface area contributed by atoms with Crippen LogP contribution in [0.2, 0.25) is 6.55 Å². The Labute approximate surface area is 69.1 Å². The smallest absolute Gasteiger partial charge is 0.238 e. The SMILES string of the molecule is C[SiH2]OCCCCCC(F)F. The van der Waals surface area contributed by atoms with Crippen LogP contribution in [0.25, 0.3) is 0 Å². The fourth-order valence-corrected chi connectivity index (χ4v) is 1.32. The van der Waals surface area contributed by atoms with Crippen LogP contribution in [0.3, 0.4) is 0 Å². The summed E-state index contributed by atoms with van der Waals surface area (Å²) in [7, 11) is -0.284. The first-order valence-electron chi connectivity index (χ1n) is 4.13. The quantitative estimate of drug-likeness (QED) is 0.432. The molecule has 0 aromatic carbocycles. The molecule has 0 unspecified atom stereocenters. The first-order chi connectivity index (χ1) is 5.27. The van der Waals surface area contributed by atoms with Crippen molar-refractivity contribution < 1.29 is 13.2 Å². The van der Waals surface area contributed by atoms with Gasteiger partial charge in [0.2, 0.25) is 6.43 Å². The average Bonchev–Trinajstić information content (AvgIpc) is 1.96. The second-order valence-electron chi connectivity index (χ2n) is 2.44. The number of hydrogen-bond donors (Lipinski definition) is 0. The zero-order valence-electron chi connectivity index (χ0n) is 6.98. The maximum atomic E-state index is 11.6. The van der Waals surface area contributed by atoms with E-state index in [1.807, 2.05) is 0 Å². The molecule has 0 amide bonds. The fraction of sp³-hybridized carbons (Fsp3) is 1.00. The molecule has 0 bridgehead atoms. The van der Waals surface area contributed by atoms with Gasteiger partial charge in [0.1, 0.15) is 0 Å². The van der Waals surface area contributed by atoms with Crippen molar-refractivity contribution in [2.75, 3.05) is 6.61 Å². The highest BCUT2D eigenvalue weighted by Gasteiger charge is 2.00. The van der Waals surface area contributed by atoms with Crippen LogP contribution >= 0.6 is 0 Å². The molecule has 0 radical (unpaired) electrons. The molecule has 0 atom stereocenters. The first-order valence-corrected chi connectivity index (χ1v) is 6.12. The second kappa shape index (κ2) is 8.14. The standard InChI is InChI=1S/C7H16F2OSi/c1-11-10-6-4-2-3-5-7(8)9/h7H,2-6,11H2,1H3. The van der Waals surface area contributed by atoms with Crippen molar-refractivity contribution in [2.24, 2.45) is 0 Å². The number of alkyl halides is 2. The van der Waals surface area contributed by atoms with Crippen LogP contribution < -0.4 is 0 Å². The van der Waals surface area contributed by atoms with Crippen molar-refractivity contribution in [1.82, 2.24) is 0 Å². The van der Waals surface area contributed by atoms with E-state index in [2.05, 4.69) is 6.55 Å². The maximum Gasteiger partial charge on any atom is 0.238 e. The van der Waals surface area contributed by atoms with Crippen LogP contribution in [0.1, 0.15) is 25.7 Å². The number of unbranched alkanes of at least 4 members (excludes halogenated alkanes) is 2. The lowest BCUT2D eigenvalue weighted by molar-refractivity contribution is 0.133. The third-order valence-electron chi connectivity index (χ3n) is 1.42. The number of hydrogen-bond acceptors (Lipinski definition) is 1. The van der Waals surface area contributed by atoms with Crippen molar-refractivity contribution in [3.05, 3.63) is 0 Å². The van der Waals surface area contributed by atoms with E-state index in [4.69, 9.17) is 4.43 Å². The predicted molar refractivity (Wildman–Crippen MR) is 44.8 cm³/mol. The Kier molecular flexibility index (Phi) is 8.16. The molecule has 0 saturated carbocycles. The summed E-state index contributed by atoms with van der Waals surface area (Å²) >= 11 is 0. The molecule has 0 saturated heterocycles. The Morgan fingerprint density at radius 1 is 1.27 bits per heavy atom. The number of halogens is 2. The molecule has 0 aliphatic rings. The molecule has 0 aliphatic carbocycles. The Bertz CT molecular complexity index is 80.8. The molecular weight excluding hydrogens is 166 g/mol. The van der Waals surface area contributed by atoms with Gasteiger partial charge in [0.05, 0.1) is 0 Å². The summed E-state index contributed by atoms with van der Waals surface area (Å²) in [4.78, 5) is 0. The predicted octanol–water partition coefficient (Wildman–Crippen LogP) is 1.96. The molecular formula is C7H16F2OSi. The molecule has 0 spiro atoms. The minimum Gasteiger partial charge on any atom is -0.424 e. The maximum absolute atomic E-state index is 11.6. The zero-order chi connectivity index (χ0) is 8.53. The van der Waals surface area contributed by atoms with Crippen molar-refractivity contribution in [2.45, 2.75) is 38.7 Å². The van der Waals surface area contributed by atoms with E-state index in [1.54, 1.807) is 0 Å². The van der Waals surface area contributed by atoms with Gasteiger partial charge in [-0.25, -0.2) is 8.78 Å². The molecule has 4 heteroatoms. The van der Waals surface area contributed by atoms with Gasteiger partial charge in [-0.1, -0.05) is 13.0 Å². The average molecular weight is 182 g/mol. The van der Waals surface area contributed by atoms with Gasteiger partial charge in [0.25, 0.3) is 0 Å². The van der Waals surface area contributed by atoms with Crippen LogP contribution in [0.15, 0.2) is 0 Å². The third-order valence-corrected chi connectivity index (χ3v) is 2.11. The monoisotopic (exact) mass is 182 g/mol. The summed E-state index contributed by atoms with van der Waals surface area (Å²) in [5, 5.41) is 0. The Morgan fingerprint density at radius 2 is 2.00 bits per heavy atom. The highest BCUT2D eigenvalue weighted by atomic mass is 28.2. The van der Waals surface area contributed by atoms with Crippen LogP contribution in [0.4, 0.5) is 8.78 Å². The van der Waals surface area contributed by atoms with Crippen molar-refractivity contribution in [3.8, 4) is 0 Å². The van der Waals surface area contributed by atoms with Crippen LogP contribution in [-0.2, 0) is 4.43 Å². The van der Waals surface area contributed by atoms with Crippen LogP contribution in [0, 0.1) is 0 Å². The van der Waals surface area contributed by atoms with Crippen molar-refractivity contribution >= 4 is 9.76 Å². The summed E-state index contributed by atoms with van der Waals surface area (Å²) in [6, 6.07) is 0. The largest absolute Gasteiger partial charge is 0.424 e. The van der Waals surface area contributed by atoms with Gasteiger partial charge in [-0.15, -0.1) is 0 Å². The normalized spacial score (nSPS) is 12.0. The van der Waals surface area contributed by atoms with E-state index in [9.17, 15) is 8.78 Å². The van der Waals surface area contributed by atoms with Crippen molar-refractivity contribution in [1.29, 1.82) is 0 Å². The van der Waals surface area contributed by atoms with Gasteiger partial charge >= 0.3 is 0 Å². The minimum atomic E-state index is -2.13. The molecule has 0 rings (SSSR count). The third kappa shape index (κ3) is 10.0. The summed E-state index contributed by atoms with van der Waals surface area (Å²) < 4.78 is 28.4. The molecule has 11 heavy (non-hydrogen) atoms. The summed E-state index contributed by atoms with van der Waals surface area (Å²) in [6.07, 6.45) is 0.360. The Hall–Kier alpha value is 0.0369. The second-order valence-corrected chi connectivity index (χ2v) is 3.42. The van der Waals surface area contributed by atoms with Gasteiger partial charge in [-0.3, -0.25) is 0 Å². The van der Waals surface area contributed by atoms with E-state index in [0.717, 1.165) is 19.4 Å². The molecule has 0 aromatic heterocycles. The molecule has 1 nitrogen and oxygen atoms in total. The van der Waals surface area contributed by atoms with Crippen LogP contribution in [0.5, 0.6) is 0 Å². The lowest BCUT2D eigenvalue weighted by Gasteiger charge is -2.00. The molecule has 0 heterocycles. The highest BCUT2D eigenvalue weighted by Crippen LogP contribution is 2.06. The molecule has 68 valence electrons. The Morgan fingerprint density at radius 3 is 2.55 bits per heavy atom. The van der Waals surface area contributed by atoms with E-state index in [1.165, 1.54) is 0 Å². The minimum absolute atomic E-state index is 0.0452. The van der Waals surface area contributed by atoms with Gasteiger partial charge in [-0.05, 0) is 12.8 Å². The van der Waals surface area contributed by atoms with E-state index >= 15 is 0 Å². The van der Waals surface area contributed by atoms with Gasteiger partial charge in [0, 0.05) is 13.0 Å². The van der Waals surface area contributed by atoms with Gasteiger partial charge < -0.3 is 4.43 Å². The van der Waals surface area contributed by atoms with E-state index in [-0.39, 0.29) is 16.2 Å². The fourth-order valence-electron chi connectivity index (χ4n) is 0.824. The van der Waals surface area contributed by atoms with E-state index < -0.39 is 6.43 Å². The summed E-state index contributed by atoms with van der Waals surface area (Å²) in [6.45, 7) is 2.84.